The maximum atomic E-state index is 14.5. The molecular formula is C25H23F4N3O2. The second-order valence-corrected chi connectivity index (χ2v) is 8.41. The van der Waals surface area contributed by atoms with Crippen LogP contribution in [0.2, 0.25) is 0 Å². The first-order valence-corrected chi connectivity index (χ1v) is 10.6. The van der Waals surface area contributed by atoms with Crippen LogP contribution in [0.15, 0.2) is 60.9 Å². The maximum Gasteiger partial charge on any atom is 0.266 e. The zero-order valence-corrected chi connectivity index (χ0v) is 18.2. The van der Waals surface area contributed by atoms with Crippen molar-refractivity contribution in [1.82, 2.24) is 9.88 Å². The third-order valence-electron chi connectivity index (χ3n) is 5.53. The highest BCUT2D eigenvalue weighted by Crippen LogP contribution is 2.33. The van der Waals surface area contributed by atoms with Crippen molar-refractivity contribution in [2.45, 2.75) is 19.3 Å². The molecule has 0 saturated carbocycles. The van der Waals surface area contributed by atoms with Crippen LogP contribution in [0.3, 0.4) is 0 Å². The number of rotatable bonds is 4. The Hall–Kier alpha value is -3.75. The number of carbonyl (C=O) groups excluding carboxylic acids is 2. The molecule has 1 aliphatic rings. The van der Waals surface area contributed by atoms with Gasteiger partial charge in [0.05, 0.1) is 12.5 Å². The standard InChI is InChI=1S/C25H21F4N3O2.H2/c1-15-6-20(26)11-22(7-15)31-23(33)19-12-25(28,29)14-32(13-19)24(34)18-8-17(9-21(27)10-18)16-2-4-30-5-3-16;/h2-11,19H,12-14H2,1H3,(H,31,33);1H. The summed E-state index contributed by atoms with van der Waals surface area (Å²) in [4.78, 5) is 30.5. The molecule has 2 amide bonds. The maximum absolute atomic E-state index is 14.5. The molecule has 5 nitrogen and oxygen atoms in total. The van der Waals surface area contributed by atoms with Crippen molar-refractivity contribution in [3.63, 3.8) is 0 Å². The summed E-state index contributed by atoms with van der Waals surface area (Å²) in [6.07, 6.45) is 2.26. The van der Waals surface area contributed by atoms with Gasteiger partial charge in [0, 0.05) is 38.0 Å². The number of hydrogen-bond donors (Lipinski definition) is 1. The van der Waals surface area contributed by atoms with Crippen molar-refractivity contribution in [1.29, 1.82) is 0 Å². The number of alkyl halides is 2. The number of nitrogens with one attached hydrogen (secondary N) is 1. The van der Waals surface area contributed by atoms with E-state index in [-0.39, 0.29) is 19.2 Å². The van der Waals surface area contributed by atoms with Crippen LogP contribution in [-0.4, -0.2) is 40.7 Å². The fourth-order valence-corrected chi connectivity index (χ4v) is 4.09. The van der Waals surface area contributed by atoms with Gasteiger partial charge in [-0.2, -0.15) is 0 Å². The normalized spacial score (nSPS) is 17.3. The molecule has 0 spiro atoms. The second kappa shape index (κ2) is 9.24. The number of halogens is 4. The predicted octanol–water partition coefficient (Wildman–Crippen LogP) is 5.32. The molecule has 4 rings (SSSR count). The molecule has 1 fully saturated rings. The van der Waals surface area contributed by atoms with E-state index < -0.39 is 48.3 Å². The zero-order valence-electron chi connectivity index (χ0n) is 18.2. The van der Waals surface area contributed by atoms with Gasteiger partial charge in [0.15, 0.2) is 0 Å². The van der Waals surface area contributed by atoms with Gasteiger partial charge in [-0.25, -0.2) is 17.6 Å². The molecular weight excluding hydrogens is 450 g/mol. The lowest BCUT2D eigenvalue weighted by atomic mass is 9.93. The van der Waals surface area contributed by atoms with Crippen molar-refractivity contribution < 1.29 is 28.6 Å². The molecule has 1 aliphatic heterocycles. The minimum Gasteiger partial charge on any atom is -0.332 e. The molecule has 2 aromatic carbocycles. The van der Waals surface area contributed by atoms with Crippen molar-refractivity contribution in [2.24, 2.45) is 5.92 Å². The Bertz CT molecular complexity index is 1220. The molecule has 3 aromatic rings. The number of pyridine rings is 1. The van der Waals surface area contributed by atoms with Gasteiger partial charge in [-0.05, 0) is 72.1 Å². The summed E-state index contributed by atoms with van der Waals surface area (Å²) in [6, 6.07) is 10.8. The summed E-state index contributed by atoms with van der Waals surface area (Å²) >= 11 is 0. The van der Waals surface area contributed by atoms with E-state index in [2.05, 4.69) is 10.3 Å². The van der Waals surface area contributed by atoms with Crippen molar-refractivity contribution in [3.05, 3.63) is 83.7 Å². The largest absolute Gasteiger partial charge is 0.332 e. The number of aromatic nitrogens is 1. The Morgan fingerprint density at radius 1 is 1.03 bits per heavy atom. The Labute approximate surface area is 194 Å². The Morgan fingerprint density at radius 3 is 2.44 bits per heavy atom. The highest BCUT2D eigenvalue weighted by atomic mass is 19.3. The monoisotopic (exact) mass is 473 g/mol. The lowest BCUT2D eigenvalue weighted by Crippen LogP contribution is -2.52. The van der Waals surface area contributed by atoms with Crippen LogP contribution in [0.5, 0.6) is 0 Å². The average molecular weight is 473 g/mol. The Balaban J connectivity index is 0.00000342. The fraction of sp³-hybridized carbons (Fsp3) is 0.240. The highest BCUT2D eigenvalue weighted by molar-refractivity contribution is 5.97. The Kier molecular flexibility index (Phi) is 6.37. The van der Waals surface area contributed by atoms with Crippen LogP contribution in [0, 0.1) is 24.5 Å². The molecule has 0 aliphatic carbocycles. The van der Waals surface area contributed by atoms with Crippen LogP contribution in [0.4, 0.5) is 23.2 Å². The summed E-state index contributed by atoms with van der Waals surface area (Å²) in [6.45, 7) is 0.457. The average Bonchev–Trinajstić information content (AvgIpc) is 2.77. The van der Waals surface area contributed by atoms with Crippen LogP contribution in [0.1, 0.15) is 23.8 Å². The molecule has 1 aromatic heterocycles. The molecule has 0 radical (unpaired) electrons. The third-order valence-corrected chi connectivity index (χ3v) is 5.53. The first-order valence-electron chi connectivity index (χ1n) is 10.6. The number of carbonyl (C=O) groups is 2. The Morgan fingerprint density at radius 2 is 1.74 bits per heavy atom. The first-order chi connectivity index (χ1) is 16.1. The molecule has 2 heterocycles. The number of hydrogen-bond acceptors (Lipinski definition) is 3. The number of piperidine rings is 1. The first kappa shape index (κ1) is 23.4. The van der Waals surface area contributed by atoms with Gasteiger partial charge < -0.3 is 10.2 Å². The van der Waals surface area contributed by atoms with E-state index in [1.807, 2.05) is 0 Å². The summed E-state index contributed by atoms with van der Waals surface area (Å²) in [7, 11) is 0. The van der Waals surface area contributed by atoms with Crippen LogP contribution < -0.4 is 5.32 Å². The van der Waals surface area contributed by atoms with Crippen LogP contribution in [-0.2, 0) is 4.79 Å². The van der Waals surface area contributed by atoms with E-state index in [4.69, 9.17) is 0 Å². The van der Waals surface area contributed by atoms with E-state index in [0.717, 1.165) is 17.0 Å². The van der Waals surface area contributed by atoms with Crippen molar-refractivity contribution >= 4 is 17.5 Å². The molecule has 1 N–H and O–H groups in total. The van der Waals surface area contributed by atoms with Gasteiger partial charge in [-0.15, -0.1) is 0 Å². The van der Waals surface area contributed by atoms with Gasteiger partial charge in [-0.3, -0.25) is 14.6 Å². The summed E-state index contributed by atoms with van der Waals surface area (Å²) < 4.78 is 56.9. The van der Waals surface area contributed by atoms with Crippen LogP contribution >= 0.6 is 0 Å². The van der Waals surface area contributed by atoms with Gasteiger partial charge >= 0.3 is 0 Å². The van der Waals surface area contributed by atoms with E-state index in [9.17, 15) is 27.2 Å². The SMILES string of the molecule is Cc1cc(F)cc(NC(=O)C2CN(C(=O)c3cc(F)cc(-c4ccncc4)c3)CC(F)(F)C2)c1.[HH]. The lowest BCUT2D eigenvalue weighted by Gasteiger charge is -2.37. The molecule has 1 unspecified atom stereocenters. The zero-order chi connectivity index (χ0) is 24.5. The lowest BCUT2D eigenvalue weighted by molar-refractivity contribution is -0.130. The fourth-order valence-electron chi connectivity index (χ4n) is 4.09. The number of benzene rings is 2. The molecule has 0 bridgehead atoms. The number of nitrogens with zero attached hydrogens (tertiary/aromatic N) is 2. The van der Waals surface area contributed by atoms with Gasteiger partial charge in [0.1, 0.15) is 11.6 Å². The summed E-state index contributed by atoms with van der Waals surface area (Å²) in [5, 5.41) is 2.45. The third kappa shape index (κ3) is 5.41. The van der Waals surface area contributed by atoms with E-state index in [0.29, 0.717) is 16.7 Å². The van der Waals surface area contributed by atoms with E-state index >= 15 is 0 Å². The van der Waals surface area contributed by atoms with Crippen molar-refractivity contribution in [2.75, 3.05) is 18.4 Å². The van der Waals surface area contributed by atoms with Gasteiger partial charge in [0.2, 0.25) is 5.91 Å². The highest BCUT2D eigenvalue weighted by Gasteiger charge is 2.44. The number of anilines is 1. The quantitative estimate of drug-likeness (QED) is 0.522. The molecule has 1 saturated heterocycles. The predicted molar refractivity (Wildman–Crippen MR) is 120 cm³/mol. The van der Waals surface area contributed by atoms with E-state index in [1.54, 1.807) is 19.1 Å². The molecule has 9 heteroatoms. The van der Waals surface area contributed by atoms with Crippen LogP contribution in [0.25, 0.3) is 11.1 Å². The number of amides is 2. The minimum absolute atomic E-state index is 0. The number of likely N-dealkylation sites (tertiary alicyclic amines) is 1. The second-order valence-electron chi connectivity index (χ2n) is 8.41. The summed E-state index contributed by atoms with van der Waals surface area (Å²) in [5.74, 6) is -7.39. The molecule has 1 atom stereocenters. The topological polar surface area (TPSA) is 62.3 Å². The molecule has 178 valence electrons. The summed E-state index contributed by atoms with van der Waals surface area (Å²) in [5.41, 5.74) is 1.59. The molecule has 34 heavy (non-hydrogen) atoms. The number of aryl methyl sites for hydroxylation is 1. The van der Waals surface area contributed by atoms with E-state index in [1.165, 1.54) is 36.7 Å². The minimum atomic E-state index is -3.32. The van der Waals surface area contributed by atoms with Gasteiger partial charge in [0.25, 0.3) is 11.8 Å². The smallest absolute Gasteiger partial charge is 0.266 e. The van der Waals surface area contributed by atoms with Gasteiger partial charge in [-0.1, -0.05) is 0 Å². The van der Waals surface area contributed by atoms with Crippen molar-refractivity contribution in [3.8, 4) is 11.1 Å².